The highest BCUT2D eigenvalue weighted by Gasteiger charge is 2.20. The minimum atomic E-state index is 0.956. The van der Waals surface area contributed by atoms with Crippen molar-refractivity contribution in [1.29, 1.82) is 0 Å². The van der Waals surface area contributed by atoms with Crippen LogP contribution in [0.2, 0.25) is 0 Å². The Morgan fingerprint density at radius 2 is 1.06 bits per heavy atom. The Morgan fingerprint density at radius 1 is 0.613 bits per heavy atom. The summed E-state index contributed by atoms with van der Waals surface area (Å²) in [6, 6.07) is 17.3. The van der Waals surface area contributed by atoms with Gasteiger partial charge in [-0.1, -0.05) is 36.4 Å². The molecule has 0 unspecified atom stereocenters. The number of aromatic amines is 1. The first-order valence-corrected chi connectivity index (χ1v) is 10.4. The van der Waals surface area contributed by atoms with Gasteiger partial charge in [-0.15, -0.1) is 0 Å². The summed E-state index contributed by atoms with van der Waals surface area (Å²) in [4.78, 5) is 12.0. The van der Waals surface area contributed by atoms with Crippen molar-refractivity contribution in [1.82, 2.24) is 24.1 Å². The summed E-state index contributed by atoms with van der Waals surface area (Å²) < 4.78 is 4.04. The number of fused-ring (bicyclic) bond motifs is 1. The van der Waals surface area contributed by atoms with Crippen LogP contribution in [-0.4, -0.2) is 24.1 Å². The summed E-state index contributed by atoms with van der Waals surface area (Å²) in [5.74, 6) is 0. The van der Waals surface area contributed by atoms with Crippen LogP contribution < -0.4 is 0 Å². The maximum atomic E-state index is 4.14. The Morgan fingerprint density at radius 3 is 1.45 bits per heavy atom. The number of aromatic nitrogens is 5. The van der Waals surface area contributed by atoms with Gasteiger partial charge in [-0.2, -0.15) is 0 Å². The van der Waals surface area contributed by atoms with Crippen molar-refractivity contribution in [2.24, 2.45) is 0 Å². The molecule has 1 N–H and O–H groups in total. The largest absolute Gasteiger partial charge is 0.354 e. The highest BCUT2D eigenvalue weighted by atomic mass is 15.0. The predicted molar refractivity (Wildman–Crippen MR) is 122 cm³/mol. The molecule has 0 bridgehead atoms. The van der Waals surface area contributed by atoms with Crippen LogP contribution in [0, 0.1) is 0 Å². The lowest BCUT2D eigenvalue weighted by Crippen LogP contribution is -1.96. The molecular weight excluding hydrogens is 382 g/mol. The van der Waals surface area contributed by atoms with Crippen LogP contribution in [0.25, 0.3) is 33.9 Å². The monoisotopic (exact) mass is 403 g/mol. The Balaban J connectivity index is 1.40. The van der Waals surface area contributed by atoms with Gasteiger partial charge >= 0.3 is 0 Å². The number of hydrogen-bond acceptors (Lipinski definition) is 2. The maximum Gasteiger partial charge on any atom is 0.0991 e. The lowest BCUT2D eigenvalue weighted by Gasteiger charge is -2.10. The molecule has 0 saturated carbocycles. The predicted octanol–water partition coefficient (Wildman–Crippen LogP) is 5.37. The van der Waals surface area contributed by atoms with Gasteiger partial charge in [-0.05, 0) is 59.4 Å². The van der Waals surface area contributed by atoms with E-state index in [1.807, 2.05) is 34.2 Å². The van der Waals surface area contributed by atoms with Crippen LogP contribution in [0.15, 0.2) is 98.1 Å². The average Bonchev–Trinajstić information content (AvgIpc) is 3.61. The molecule has 0 atom stereocenters. The van der Waals surface area contributed by atoms with Crippen molar-refractivity contribution in [2.45, 2.75) is 12.8 Å². The molecule has 0 fully saturated rings. The first kappa shape index (κ1) is 17.7. The van der Waals surface area contributed by atoms with Crippen molar-refractivity contribution in [2.75, 3.05) is 0 Å². The molecule has 1 aliphatic carbocycles. The third kappa shape index (κ3) is 3.11. The minimum absolute atomic E-state index is 0.956. The second-order valence-corrected chi connectivity index (χ2v) is 7.75. The van der Waals surface area contributed by atoms with E-state index in [9.17, 15) is 0 Å². The number of rotatable bonds is 4. The first-order valence-electron chi connectivity index (χ1n) is 10.4. The van der Waals surface area contributed by atoms with Crippen molar-refractivity contribution in [3.05, 3.63) is 109 Å². The Bertz CT molecular complexity index is 1230. The number of hydrogen-bond donors (Lipinski definition) is 1. The van der Waals surface area contributed by atoms with Crippen LogP contribution >= 0.6 is 0 Å². The van der Waals surface area contributed by atoms with Crippen LogP contribution in [-0.2, 0) is 12.8 Å². The Labute approximate surface area is 180 Å². The van der Waals surface area contributed by atoms with E-state index in [1.54, 1.807) is 12.4 Å². The van der Waals surface area contributed by atoms with Gasteiger partial charge in [0.05, 0.1) is 12.7 Å². The van der Waals surface area contributed by atoms with Gasteiger partial charge in [0.1, 0.15) is 0 Å². The Hall–Kier alpha value is -4.12. The third-order valence-electron chi connectivity index (χ3n) is 5.95. The van der Waals surface area contributed by atoms with Gasteiger partial charge in [0.15, 0.2) is 0 Å². The molecule has 5 heteroatoms. The quantitative estimate of drug-likeness (QED) is 0.410. The second kappa shape index (κ2) is 7.29. The highest BCUT2D eigenvalue weighted by Crippen LogP contribution is 2.37. The first-order chi connectivity index (χ1) is 15.4. The van der Waals surface area contributed by atoms with Crippen LogP contribution in [0.1, 0.15) is 11.1 Å². The molecule has 6 rings (SSSR count). The fourth-order valence-corrected chi connectivity index (χ4v) is 4.35. The molecule has 3 heterocycles. The smallest absolute Gasteiger partial charge is 0.0991 e. The van der Waals surface area contributed by atoms with E-state index in [0.29, 0.717) is 0 Å². The summed E-state index contributed by atoms with van der Waals surface area (Å²) in [7, 11) is 0. The van der Waals surface area contributed by atoms with E-state index in [0.717, 1.165) is 24.2 Å². The molecular formula is C26H21N5. The Kier molecular flexibility index (Phi) is 4.17. The number of nitrogens with zero attached hydrogens (tertiary/aromatic N) is 4. The zero-order chi connectivity index (χ0) is 20.6. The molecule has 0 amide bonds. The summed E-state index contributed by atoms with van der Waals surface area (Å²) in [5.41, 5.74) is 9.84. The summed E-state index contributed by atoms with van der Waals surface area (Å²) >= 11 is 0. The van der Waals surface area contributed by atoms with Crippen molar-refractivity contribution >= 4 is 0 Å². The van der Waals surface area contributed by atoms with E-state index >= 15 is 0 Å². The molecule has 0 aliphatic heterocycles. The topological polar surface area (TPSA) is 51.4 Å². The average molecular weight is 403 g/mol. The molecule has 5 aromatic rings. The molecule has 3 aromatic heterocycles. The minimum Gasteiger partial charge on any atom is -0.354 e. The summed E-state index contributed by atoms with van der Waals surface area (Å²) in [6.07, 6.45) is 17.6. The van der Waals surface area contributed by atoms with Crippen LogP contribution in [0.3, 0.4) is 0 Å². The van der Waals surface area contributed by atoms with E-state index in [4.69, 9.17) is 0 Å². The summed E-state index contributed by atoms with van der Waals surface area (Å²) in [5, 5.41) is 0. The molecule has 31 heavy (non-hydrogen) atoms. The fourth-order valence-electron chi connectivity index (χ4n) is 4.35. The second-order valence-electron chi connectivity index (χ2n) is 7.75. The van der Waals surface area contributed by atoms with Gasteiger partial charge in [0, 0.05) is 47.6 Å². The van der Waals surface area contributed by atoms with Gasteiger partial charge in [0.25, 0.3) is 0 Å². The highest BCUT2D eigenvalue weighted by molar-refractivity contribution is 5.77. The third-order valence-corrected chi connectivity index (χ3v) is 5.95. The molecule has 0 radical (unpaired) electrons. The molecule has 1 aliphatic rings. The normalized spacial score (nSPS) is 12.8. The van der Waals surface area contributed by atoms with Crippen molar-refractivity contribution in [3.8, 4) is 33.9 Å². The number of H-pyrrole nitrogens is 1. The maximum absolute atomic E-state index is 4.14. The van der Waals surface area contributed by atoms with Crippen molar-refractivity contribution in [3.63, 3.8) is 0 Å². The van der Waals surface area contributed by atoms with Crippen LogP contribution in [0.5, 0.6) is 0 Å². The molecule has 150 valence electrons. The lowest BCUT2D eigenvalue weighted by atomic mass is 9.93. The van der Waals surface area contributed by atoms with Crippen molar-refractivity contribution < 1.29 is 0 Å². The van der Waals surface area contributed by atoms with Gasteiger partial charge in [0.2, 0.25) is 0 Å². The molecule has 0 saturated heterocycles. The lowest BCUT2D eigenvalue weighted by molar-refractivity contribution is 1.06. The zero-order valence-corrected chi connectivity index (χ0v) is 16.9. The summed E-state index contributed by atoms with van der Waals surface area (Å²) in [6.45, 7) is 0. The number of benzene rings is 2. The molecule has 5 nitrogen and oxygen atoms in total. The number of imidazole rings is 2. The fraction of sp³-hybridized carbons (Fsp3) is 0.0769. The SMILES string of the molecule is C1=CCc2c(-c3ccc(-n4ccnc4)cc3)[nH]c(-c3ccc(-n4ccnc4)cc3)c2C1. The number of nitrogens with one attached hydrogen (secondary N) is 1. The van der Waals surface area contributed by atoms with Gasteiger partial charge < -0.3 is 14.1 Å². The van der Waals surface area contributed by atoms with Gasteiger partial charge in [-0.25, -0.2) is 9.97 Å². The van der Waals surface area contributed by atoms with E-state index in [2.05, 4.69) is 75.6 Å². The van der Waals surface area contributed by atoms with Crippen LogP contribution in [0.4, 0.5) is 0 Å². The zero-order valence-electron chi connectivity index (χ0n) is 16.9. The molecule has 2 aromatic carbocycles. The standard InChI is InChI=1S/C26H21N5/c1-2-4-24-23(3-1)25(19-5-9-21(10-6-19)30-15-13-27-17-30)29-26(24)20-7-11-22(12-8-20)31-16-14-28-18-31/h1-2,5-18,29H,3-4H2. The number of allylic oxidation sites excluding steroid dienone is 2. The van der Waals surface area contributed by atoms with E-state index in [-0.39, 0.29) is 0 Å². The van der Waals surface area contributed by atoms with E-state index in [1.165, 1.54) is 33.6 Å². The molecule has 0 spiro atoms. The van der Waals surface area contributed by atoms with Gasteiger partial charge in [-0.3, -0.25) is 0 Å². The van der Waals surface area contributed by atoms with E-state index < -0.39 is 0 Å².